The number of nitro benzene ring substituents is 1. The Labute approximate surface area is 156 Å². The van der Waals surface area contributed by atoms with Crippen LogP contribution in [0, 0.1) is 10.1 Å². The van der Waals surface area contributed by atoms with E-state index in [1.165, 1.54) is 23.3 Å². The number of ether oxygens (including phenoxy) is 1. The molecule has 0 heterocycles. The Bertz CT molecular complexity index is 921. The molecule has 1 aliphatic rings. The second-order valence-electron chi connectivity index (χ2n) is 6.69. The molecule has 0 saturated heterocycles. The Kier molecular flexibility index (Phi) is 5.21. The van der Waals surface area contributed by atoms with Crippen molar-refractivity contribution in [3.8, 4) is 0 Å². The van der Waals surface area contributed by atoms with Crippen molar-refractivity contribution < 1.29 is 19.2 Å². The van der Waals surface area contributed by atoms with E-state index in [1.807, 2.05) is 12.1 Å². The van der Waals surface area contributed by atoms with Crippen molar-refractivity contribution in [1.82, 2.24) is 0 Å². The summed E-state index contributed by atoms with van der Waals surface area (Å²) in [5.74, 6) is -1.06. The smallest absolute Gasteiger partial charge is 0.338 e. The third kappa shape index (κ3) is 3.97. The first-order valence-electron chi connectivity index (χ1n) is 8.64. The highest BCUT2D eigenvalue weighted by atomic mass is 16.6. The lowest BCUT2D eigenvalue weighted by Gasteiger charge is -2.13. The van der Waals surface area contributed by atoms with Crippen molar-refractivity contribution >= 4 is 23.1 Å². The number of rotatable bonds is 6. The number of nitrogens with zero attached hydrogens (tertiary/aromatic N) is 2. The van der Waals surface area contributed by atoms with Gasteiger partial charge in [-0.25, -0.2) is 4.79 Å². The molecule has 2 aromatic carbocycles. The third-order valence-corrected chi connectivity index (χ3v) is 4.64. The summed E-state index contributed by atoms with van der Waals surface area (Å²) in [6.07, 6.45) is 3.07. The zero-order valence-electron chi connectivity index (χ0n) is 15.2. The fourth-order valence-corrected chi connectivity index (χ4v) is 3.22. The Morgan fingerprint density at radius 2 is 1.78 bits per heavy atom. The largest absolute Gasteiger partial charge is 0.454 e. The van der Waals surface area contributed by atoms with Crippen LogP contribution in [0.3, 0.4) is 0 Å². The number of carbonyl (C=O) groups is 2. The molecular weight excluding hydrogens is 348 g/mol. The molecule has 0 N–H and O–H groups in total. The van der Waals surface area contributed by atoms with Crippen LogP contribution in [0.2, 0.25) is 0 Å². The minimum Gasteiger partial charge on any atom is -0.454 e. The van der Waals surface area contributed by atoms with Crippen LogP contribution < -0.4 is 4.90 Å². The molecule has 7 heteroatoms. The number of nitro groups is 1. The minimum atomic E-state index is -0.766. The molecule has 2 aromatic rings. The highest BCUT2D eigenvalue weighted by molar-refractivity contribution is 5.99. The molecule has 0 saturated carbocycles. The quantitative estimate of drug-likeness (QED) is 0.337. The number of anilines is 1. The van der Waals surface area contributed by atoms with E-state index < -0.39 is 17.5 Å². The average molecular weight is 368 g/mol. The van der Waals surface area contributed by atoms with Crippen LogP contribution in [0.15, 0.2) is 36.4 Å². The molecule has 0 aromatic heterocycles. The van der Waals surface area contributed by atoms with Gasteiger partial charge in [0.15, 0.2) is 12.4 Å². The molecule has 0 spiro atoms. The van der Waals surface area contributed by atoms with Gasteiger partial charge in [0, 0.05) is 25.7 Å². The van der Waals surface area contributed by atoms with E-state index in [1.54, 1.807) is 25.1 Å². The van der Waals surface area contributed by atoms with E-state index in [2.05, 4.69) is 0 Å². The zero-order valence-corrected chi connectivity index (χ0v) is 15.2. The molecule has 0 bridgehead atoms. The number of esters is 1. The maximum atomic E-state index is 12.3. The Hall–Kier alpha value is -3.22. The van der Waals surface area contributed by atoms with Crippen molar-refractivity contribution in [3.05, 3.63) is 68.8 Å². The van der Waals surface area contributed by atoms with Gasteiger partial charge in [-0.1, -0.05) is 12.1 Å². The van der Waals surface area contributed by atoms with E-state index in [0.717, 1.165) is 25.3 Å². The van der Waals surface area contributed by atoms with Crippen LogP contribution in [-0.4, -0.2) is 37.4 Å². The van der Waals surface area contributed by atoms with E-state index in [0.29, 0.717) is 11.3 Å². The van der Waals surface area contributed by atoms with Crippen molar-refractivity contribution in [2.45, 2.75) is 19.3 Å². The van der Waals surface area contributed by atoms with Gasteiger partial charge in [-0.3, -0.25) is 14.9 Å². The number of hydrogen-bond donors (Lipinski definition) is 0. The predicted octanol–water partition coefficient (Wildman–Crippen LogP) is 3.19. The molecule has 7 nitrogen and oxygen atoms in total. The molecule has 0 radical (unpaired) electrons. The highest BCUT2D eigenvalue weighted by Crippen LogP contribution is 2.28. The number of benzene rings is 2. The van der Waals surface area contributed by atoms with Crippen LogP contribution in [0.1, 0.15) is 38.3 Å². The summed E-state index contributed by atoms with van der Waals surface area (Å²) < 4.78 is 5.07. The zero-order chi connectivity index (χ0) is 19.6. The topological polar surface area (TPSA) is 89.8 Å². The molecule has 0 atom stereocenters. The average Bonchev–Trinajstić information content (AvgIpc) is 3.12. The van der Waals surface area contributed by atoms with Crippen LogP contribution in [0.5, 0.6) is 0 Å². The SMILES string of the molecule is CN(C)c1ccc(C(=O)OCC(=O)c2ccc3c(c2)CCC3)cc1[N+](=O)[O-]. The normalized spacial score (nSPS) is 12.4. The standard InChI is InChI=1S/C20H20N2O5/c1-21(2)17-9-8-16(11-18(17)22(25)26)20(24)27-12-19(23)15-7-6-13-4-3-5-14(13)10-15/h6-11H,3-5,12H2,1-2H3. The van der Waals surface area contributed by atoms with Gasteiger partial charge in [-0.05, 0) is 48.6 Å². The molecule has 0 fully saturated rings. The van der Waals surface area contributed by atoms with E-state index in [9.17, 15) is 19.7 Å². The van der Waals surface area contributed by atoms with Crippen LogP contribution in [0.4, 0.5) is 11.4 Å². The van der Waals surface area contributed by atoms with Crippen LogP contribution in [-0.2, 0) is 17.6 Å². The third-order valence-electron chi connectivity index (χ3n) is 4.64. The first kappa shape index (κ1) is 18.6. The molecule has 0 amide bonds. The summed E-state index contributed by atoms with van der Waals surface area (Å²) in [4.78, 5) is 36.8. The van der Waals surface area contributed by atoms with Gasteiger partial charge in [-0.15, -0.1) is 0 Å². The van der Waals surface area contributed by atoms with Gasteiger partial charge in [0.25, 0.3) is 5.69 Å². The second kappa shape index (κ2) is 7.57. The molecule has 3 rings (SSSR count). The van der Waals surface area contributed by atoms with Crippen LogP contribution in [0.25, 0.3) is 0 Å². The summed E-state index contributed by atoms with van der Waals surface area (Å²) in [6, 6.07) is 9.64. The van der Waals surface area contributed by atoms with Gasteiger partial charge in [0.1, 0.15) is 5.69 Å². The lowest BCUT2D eigenvalue weighted by Crippen LogP contribution is -2.16. The number of carbonyl (C=O) groups excluding carboxylic acids is 2. The maximum absolute atomic E-state index is 12.3. The van der Waals surface area contributed by atoms with Crippen LogP contribution >= 0.6 is 0 Å². The maximum Gasteiger partial charge on any atom is 0.338 e. The van der Waals surface area contributed by atoms with Crippen molar-refractivity contribution in [2.75, 3.05) is 25.6 Å². The fraction of sp³-hybridized carbons (Fsp3) is 0.300. The summed E-state index contributed by atoms with van der Waals surface area (Å²) in [5, 5.41) is 11.2. The first-order chi connectivity index (χ1) is 12.9. The summed E-state index contributed by atoms with van der Waals surface area (Å²) in [6.45, 7) is -0.402. The lowest BCUT2D eigenvalue weighted by molar-refractivity contribution is -0.384. The molecular formula is C20H20N2O5. The monoisotopic (exact) mass is 368 g/mol. The Morgan fingerprint density at radius 3 is 2.48 bits per heavy atom. The second-order valence-corrected chi connectivity index (χ2v) is 6.69. The van der Waals surface area contributed by atoms with Crippen molar-refractivity contribution in [3.63, 3.8) is 0 Å². The Morgan fingerprint density at radius 1 is 1.07 bits per heavy atom. The van der Waals surface area contributed by atoms with Gasteiger partial charge >= 0.3 is 5.97 Å². The van der Waals surface area contributed by atoms with Gasteiger partial charge in [-0.2, -0.15) is 0 Å². The highest BCUT2D eigenvalue weighted by Gasteiger charge is 2.21. The molecule has 0 unspecified atom stereocenters. The fourth-order valence-electron chi connectivity index (χ4n) is 3.22. The first-order valence-corrected chi connectivity index (χ1v) is 8.64. The summed E-state index contributed by atoms with van der Waals surface area (Å²) in [7, 11) is 3.35. The number of ketones is 1. The Balaban J connectivity index is 1.69. The minimum absolute atomic E-state index is 0.0362. The van der Waals surface area contributed by atoms with Gasteiger partial charge < -0.3 is 9.64 Å². The van der Waals surface area contributed by atoms with E-state index >= 15 is 0 Å². The number of aryl methyl sites for hydroxylation is 2. The number of Topliss-reactive ketones (excluding diaryl/α,β-unsaturated/α-hetero) is 1. The molecule has 27 heavy (non-hydrogen) atoms. The summed E-state index contributed by atoms with van der Waals surface area (Å²) in [5.41, 5.74) is 3.16. The predicted molar refractivity (Wildman–Crippen MR) is 101 cm³/mol. The van der Waals surface area contributed by atoms with Gasteiger partial charge in [0.2, 0.25) is 0 Å². The van der Waals surface area contributed by atoms with E-state index in [-0.39, 0.29) is 17.0 Å². The van der Waals surface area contributed by atoms with E-state index in [4.69, 9.17) is 4.74 Å². The molecule has 140 valence electrons. The number of fused-ring (bicyclic) bond motifs is 1. The van der Waals surface area contributed by atoms with Crippen molar-refractivity contribution in [1.29, 1.82) is 0 Å². The van der Waals surface area contributed by atoms with Crippen molar-refractivity contribution in [2.24, 2.45) is 0 Å². The molecule has 0 aliphatic heterocycles. The molecule has 1 aliphatic carbocycles. The van der Waals surface area contributed by atoms with Gasteiger partial charge in [0.05, 0.1) is 10.5 Å². The lowest BCUT2D eigenvalue weighted by atomic mass is 10.0. The number of hydrogen-bond acceptors (Lipinski definition) is 6. The summed E-state index contributed by atoms with van der Waals surface area (Å²) >= 11 is 0.